The maximum atomic E-state index is 12.9. The summed E-state index contributed by atoms with van der Waals surface area (Å²) in [5.74, 6) is 1.25. The summed E-state index contributed by atoms with van der Waals surface area (Å²) in [4.78, 5) is 15.1. The quantitative estimate of drug-likeness (QED) is 0.827. The van der Waals surface area contributed by atoms with Gasteiger partial charge in [0.1, 0.15) is 0 Å². The summed E-state index contributed by atoms with van der Waals surface area (Å²) in [6, 6.07) is 0.549. The van der Waals surface area contributed by atoms with Crippen LogP contribution >= 0.6 is 0 Å². The first-order chi connectivity index (χ1) is 9.17. The molecule has 0 radical (unpaired) electrons. The van der Waals surface area contributed by atoms with Crippen molar-refractivity contribution >= 4 is 5.91 Å². The van der Waals surface area contributed by atoms with Gasteiger partial charge in [0.15, 0.2) is 0 Å². The fourth-order valence-corrected chi connectivity index (χ4v) is 3.78. The molecule has 0 aromatic rings. The highest BCUT2D eigenvalue weighted by molar-refractivity contribution is 5.82. The number of carbonyl (C=O) groups is 1. The first-order valence-corrected chi connectivity index (χ1v) is 8.20. The Balaban J connectivity index is 1.64. The molecular formula is C16H28N2O. The molecule has 3 aliphatic rings. The van der Waals surface area contributed by atoms with E-state index in [1.165, 1.54) is 38.5 Å². The average molecular weight is 264 g/mol. The van der Waals surface area contributed by atoms with Crippen molar-refractivity contribution in [3.05, 3.63) is 0 Å². The van der Waals surface area contributed by atoms with E-state index in [1.807, 2.05) is 0 Å². The Hall–Kier alpha value is -0.570. The summed E-state index contributed by atoms with van der Waals surface area (Å²) >= 11 is 0. The molecule has 1 amide bonds. The molecule has 1 heterocycles. The van der Waals surface area contributed by atoms with E-state index in [-0.39, 0.29) is 5.41 Å². The lowest BCUT2D eigenvalue weighted by molar-refractivity contribution is -0.141. The van der Waals surface area contributed by atoms with Gasteiger partial charge in [-0.3, -0.25) is 4.79 Å². The molecule has 1 atom stereocenters. The lowest BCUT2D eigenvalue weighted by atomic mass is 9.87. The smallest absolute Gasteiger partial charge is 0.228 e. The Morgan fingerprint density at radius 3 is 2.47 bits per heavy atom. The van der Waals surface area contributed by atoms with E-state index in [1.54, 1.807) is 0 Å². The molecule has 3 fully saturated rings. The third kappa shape index (κ3) is 3.13. The van der Waals surface area contributed by atoms with Crippen molar-refractivity contribution in [3.63, 3.8) is 0 Å². The summed E-state index contributed by atoms with van der Waals surface area (Å²) in [5.41, 5.74) is -0.0481. The first-order valence-electron chi connectivity index (χ1n) is 8.20. The number of nitrogens with zero attached hydrogens (tertiary/aromatic N) is 1. The Morgan fingerprint density at radius 2 is 1.89 bits per heavy atom. The van der Waals surface area contributed by atoms with Crippen molar-refractivity contribution in [1.29, 1.82) is 0 Å². The zero-order chi connectivity index (χ0) is 13.3. The highest BCUT2D eigenvalue weighted by Crippen LogP contribution is 2.40. The maximum absolute atomic E-state index is 12.9. The van der Waals surface area contributed by atoms with Crippen LogP contribution in [0.3, 0.4) is 0 Å². The van der Waals surface area contributed by atoms with Gasteiger partial charge >= 0.3 is 0 Å². The molecule has 0 bridgehead atoms. The van der Waals surface area contributed by atoms with Crippen molar-refractivity contribution < 1.29 is 4.79 Å². The van der Waals surface area contributed by atoms with Gasteiger partial charge in [-0.25, -0.2) is 0 Å². The van der Waals surface area contributed by atoms with Crippen LogP contribution in [0, 0.1) is 11.3 Å². The zero-order valence-corrected chi connectivity index (χ0v) is 12.3. The predicted octanol–water partition coefficient (Wildman–Crippen LogP) is 2.56. The van der Waals surface area contributed by atoms with Crippen LogP contribution in [0.2, 0.25) is 0 Å². The van der Waals surface area contributed by atoms with Gasteiger partial charge in [0.05, 0.1) is 0 Å². The molecule has 2 saturated carbocycles. The van der Waals surface area contributed by atoms with Gasteiger partial charge in [-0.15, -0.1) is 0 Å². The van der Waals surface area contributed by atoms with E-state index >= 15 is 0 Å². The van der Waals surface area contributed by atoms with Gasteiger partial charge in [-0.05, 0) is 51.0 Å². The minimum absolute atomic E-state index is 0.0481. The molecule has 0 spiro atoms. The molecule has 0 aromatic heterocycles. The van der Waals surface area contributed by atoms with Crippen LogP contribution in [0.25, 0.3) is 0 Å². The van der Waals surface area contributed by atoms with Crippen LogP contribution in [0.5, 0.6) is 0 Å². The van der Waals surface area contributed by atoms with Gasteiger partial charge in [0.2, 0.25) is 5.91 Å². The van der Waals surface area contributed by atoms with Crippen molar-refractivity contribution in [2.45, 2.75) is 64.3 Å². The second-order valence-electron chi connectivity index (χ2n) is 7.21. The monoisotopic (exact) mass is 264 g/mol. The van der Waals surface area contributed by atoms with E-state index in [0.717, 1.165) is 38.4 Å². The maximum Gasteiger partial charge on any atom is 0.228 e. The summed E-state index contributed by atoms with van der Waals surface area (Å²) in [6.07, 6.45) is 9.86. The number of hydrogen-bond acceptors (Lipinski definition) is 2. The summed E-state index contributed by atoms with van der Waals surface area (Å²) in [6.45, 7) is 5.30. The van der Waals surface area contributed by atoms with Crippen molar-refractivity contribution in [1.82, 2.24) is 10.2 Å². The second-order valence-corrected chi connectivity index (χ2v) is 7.21. The third-order valence-electron chi connectivity index (χ3n) is 5.29. The van der Waals surface area contributed by atoms with Crippen molar-refractivity contribution in [2.24, 2.45) is 11.3 Å². The van der Waals surface area contributed by atoms with Crippen LogP contribution in [0.4, 0.5) is 0 Å². The molecule has 1 N–H and O–H groups in total. The van der Waals surface area contributed by atoms with Crippen LogP contribution in [0.15, 0.2) is 0 Å². The minimum Gasteiger partial charge on any atom is -0.340 e. The molecule has 3 rings (SSSR count). The lowest BCUT2D eigenvalue weighted by Crippen LogP contribution is -2.47. The normalized spacial score (nSPS) is 29.6. The van der Waals surface area contributed by atoms with Crippen molar-refractivity contribution in [2.75, 3.05) is 19.6 Å². The number of rotatable bonds is 5. The standard InChI is InChI=1S/C16H28N2O/c1-16(8-2-3-9-16)15(19)18(11-13-6-7-13)12-14-5-4-10-17-14/h13-14,17H,2-12H2,1H3. The van der Waals surface area contributed by atoms with Gasteiger partial charge in [0, 0.05) is 24.5 Å². The molecule has 3 nitrogen and oxygen atoms in total. The van der Waals surface area contributed by atoms with Crippen LogP contribution in [-0.2, 0) is 4.79 Å². The highest BCUT2D eigenvalue weighted by Gasteiger charge is 2.41. The minimum atomic E-state index is -0.0481. The molecule has 108 valence electrons. The molecule has 1 unspecified atom stereocenters. The highest BCUT2D eigenvalue weighted by atomic mass is 16.2. The van der Waals surface area contributed by atoms with Crippen LogP contribution in [0.1, 0.15) is 58.3 Å². The Labute approximate surface area is 117 Å². The molecule has 2 aliphatic carbocycles. The first kappa shape index (κ1) is 13.4. The largest absolute Gasteiger partial charge is 0.340 e. The van der Waals surface area contributed by atoms with E-state index in [4.69, 9.17) is 0 Å². The third-order valence-corrected chi connectivity index (χ3v) is 5.29. The van der Waals surface area contributed by atoms with Crippen LogP contribution in [-0.4, -0.2) is 36.5 Å². The van der Waals surface area contributed by atoms with Gasteiger partial charge in [0.25, 0.3) is 0 Å². The number of carbonyl (C=O) groups excluding carboxylic acids is 1. The predicted molar refractivity (Wildman–Crippen MR) is 76.9 cm³/mol. The van der Waals surface area contributed by atoms with E-state index in [0.29, 0.717) is 11.9 Å². The van der Waals surface area contributed by atoms with E-state index in [2.05, 4.69) is 17.1 Å². The fraction of sp³-hybridized carbons (Fsp3) is 0.938. The summed E-state index contributed by atoms with van der Waals surface area (Å²) < 4.78 is 0. The second kappa shape index (κ2) is 5.43. The van der Waals surface area contributed by atoms with Gasteiger partial charge < -0.3 is 10.2 Å². The van der Waals surface area contributed by atoms with E-state index < -0.39 is 0 Å². The topological polar surface area (TPSA) is 32.3 Å². The summed E-state index contributed by atoms with van der Waals surface area (Å²) in [7, 11) is 0. The van der Waals surface area contributed by atoms with Gasteiger partial charge in [-0.1, -0.05) is 19.8 Å². The number of amides is 1. The molecule has 0 aromatic carbocycles. The SMILES string of the molecule is CC1(C(=O)N(CC2CC2)CC2CCCN2)CCCC1. The van der Waals surface area contributed by atoms with Crippen LogP contribution < -0.4 is 5.32 Å². The average Bonchev–Trinajstić information content (AvgIpc) is 2.89. The Bertz CT molecular complexity index is 326. The van der Waals surface area contributed by atoms with E-state index in [9.17, 15) is 4.79 Å². The van der Waals surface area contributed by atoms with Gasteiger partial charge in [-0.2, -0.15) is 0 Å². The lowest BCUT2D eigenvalue weighted by Gasteiger charge is -2.33. The molecule has 3 heteroatoms. The summed E-state index contributed by atoms with van der Waals surface area (Å²) in [5, 5.41) is 3.54. The number of hydrogen-bond donors (Lipinski definition) is 1. The molecule has 19 heavy (non-hydrogen) atoms. The molecule has 1 aliphatic heterocycles. The molecular weight excluding hydrogens is 236 g/mol. The fourth-order valence-electron chi connectivity index (χ4n) is 3.78. The molecule has 1 saturated heterocycles. The Morgan fingerprint density at radius 1 is 1.16 bits per heavy atom. The number of nitrogens with one attached hydrogen (secondary N) is 1. The zero-order valence-electron chi connectivity index (χ0n) is 12.3. The van der Waals surface area contributed by atoms with Crippen molar-refractivity contribution in [3.8, 4) is 0 Å². The Kier molecular flexibility index (Phi) is 3.84.